The smallest absolute Gasteiger partial charge is 0 e. The van der Waals surface area contributed by atoms with Crippen LogP contribution in [-0.2, 0) is 34.1 Å². The van der Waals surface area contributed by atoms with Gasteiger partial charge in [0.05, 0.1) is 0 Å². The Morgan fingerprint density at radius 3 is 1.00 bits per heavy atom. The first-order chi connectivity index (χ1) is 0. The largest absolute Gasteiger partial charge is 0 e. The third-order valence-electron chi connectivity index (χ3n) is 0. The van der Waals surface area contributed by atoms with Crippen LogP contribution in [0, 0.1) is 0 Å². The van der Waals surface area contributed by atoms with E-state index >= 15 is 0 Å². The van der Waals surface area contributed by atoms with Gasteiger partial charge in [0.2, 0.25) is 0 Å². The molecule has 0 fully saturated rings. The Kier molecular flexibility index (Phi) is 180. The molecule has 0 saturated heterocycles. The Balaban J connectivity index is 0. The molecule has 0 amide bonds. The van der Waals surface area contributed by atoms with Crippen molar-refractivity contribution in [2.45, 2.75) is 0 Å². The van der Waals surface area contributed by atoms with E-state index in [0.29, 0.717) is 0 Å². The Hall–Kier alpha value is 2.05. The third-order valence-corrected chi connectivity index (χ3v) is 0. The molecule has 0 aromatic rings. The van der Waals surface area contributed by atoms with Gasteiger partial charge in [-0.1, -0.05) is 0 Å². The van der Waals surface area contributed by atoms with Crippen LogP contribution in [0.25, 0.3) is 0 Å². The first-order valence-electron chi connectivity index (χ1n) is 0. The summed E-state index contributed by atoms with van der Waals surface area (Å²) >= 11 is 0. The van der Waals surface area contributed by atoms with E-state index in [2.05, 4.69) is 0 Å². The minimum Gasteiger partial charge on any atom is 0 e. The predicted octanol–water partition coefficient (Wildman–Crippen LogP) is -0.767. The van der Waals surface area contributed by atoms with E-state index in [9.17, 15) is 0 Å². The van der Waals surface area contributed by atoms with Crippen LogP contribution >= 0.6 is 0 Å². The van der Waals surface area contributed by atoms with Crippen molar-refractivity contribution in [1.82, 2.24) is 0 Å². The van der Waals surface area contributed by atoms with Crippen molar-refractivity contribution in [2.75, 3.05) is 0 Å². The Labute approximate surface area is 68.4 Å². The number of hydrogen-bond donors (Lipinski definition) is 0. The van der Waals surface area contributed by atoms with Gasteiger partial charge in [-0.15, -0.1) is 0 Å². The molecule has 0 unspecified atom stereocenters. The maximum absolute atomic E-state index is 0. The molecule has 26 valence electrons. The van der Waals surface area contributed by atoms with Crippen LogP contribution in [-0.4, -0.2) is 34.9 Å². The fraction of sp³-hybridized carbons (Fsp3) is 0. The fourth-order valence-corrected chi connectivity index (χ4v) is 0. The van der Waals surface area contributed by atoms with Gasteiger partial charge in [0.1, 0.15) is 0 Å². The van der Waals surface area contributed by atoms with Crippen molar-refractivity contribution in [1.29, 1.82) is 0 Å². The molecule has 10 radical (unpaired) electrons. The second kappa shape index (κ2) is 19.7. The Morgan fingerprint density at radius 2 is 1.00 bits per heavy atom. The van der Waals surface area contributed by atoms with Gasteiger partial charge in [-0.25, -0.2) is 0 Å². The molecule has 0 aromatic heterocycles. The van der Waals surface area contributed by atoms with Crippen molar-refractivity contribution in [3.63, 3.8) is 0 Å². The van der Waals surface area contributed by atoms with Crippen LogP contribution in [0.15, 0.2) is 0 Å². The zero-order chi connectivity index (χ0) is 0. The molecule has 0 N–H and O–H groups in total. The Morgan fingerprint density at radius 1 is 1.00 bits per heavy atom. The monoisotopic (exact) mass is 266 g/mol. The summed E-state index contributed by atoms with van der Waals surface area (Å²) in [4.78, 5) is 0. The van der Waals surface area contributed by atoms with Crippen molar-refractivity contribution in [2.24, 2.45) is 0 Å². The van der Waals surface area contributed by atoms with Gasteiger partial charge in [0.15, 0.2) is 0 Å². The summed E-state index contributed by atoms with van der Waals surface area (Å²) in [5.41, 5.74) is 0. The van der Waals surface area contributed by atoms with E-state index in [-0.39, 0.29) is 69.0 Å². The maximum atomic E-state index is 0. The van der Waals surface area contributed by atoms with E-state index in [1.54, 1.807) is 0 Å². The van der Waals surface area contributed by atoms with Crippen LogP contribution in [0.3, 0.4) is 0 Å². The molecule has 4 heteroatoms. The second-order valence-electron chi connectivity index (χ2n) is 0. The van der Waals surface area contributed by atoms with Gasteiger partial charge < -0.3 is 0 Å². The van der Waals surface area contributed by atoms with Crippen LogP contribution in [0.4, 0.5) is 0 Å². The second-order valence-corrected chi connectivity index (χ2v) is 0. The van der Waals surface area contributed by atoms with Gasteiger partial charge in [-0.3, -0.25) is 0 Å². The minimum atomic E-state index is 0. The molecular weight excluding hydrogens is 265 g/mol. The normalized spacial score (nSPS) is 0. The van der Waals surface area contributed by atoms with Gasteiger partial charge in [0.25, 0.3) is 0 Å². The summed E-state index contributed by atoms with van der Waals surface area (Å²) in [7, 11) is 0. The Bertz CT molecular complexity index is 8.00. The van der Waals surface area contributed by atoms with Gasteiger partial charge in [-0.2, -0.15) is 0 Å². The zero-order valence-corrected chi connectivity index (χ0v) is 7.66. The van der Waals surface area contributed by atoms with Crippen LogP contribution in [0.5, 0.6) is 0 Å². The standard InChI is InChI=1S/Cu.Mn.Si.Sn. The zero-order valence-electron chi connectivity index (χ0n) is 1.68. The molecule has 0 aliphatic heterocycles. The summed E-state index contributed by atoms with van der Waals surface area (Å²) in [5.74, 6) is 0. The van der Waals surface area contributed by atoms with Crippen LogP contribution in [0.1, 0.15) is 0 Å². The van der Waals surface area contributed by atoms with Gasteiger partial charge >= 0.3 is 0 Å². The van der Waals surface area contributed by atoms with Crippen LogP contribution < -0.4 is 0 Å². The van der Waals surface area contributed by atoms with E-state index in [4.69, 9.17) is 0 Å². The molecule has 0 aliphatic rings. The number of rotatable bonds is 0. The SMILES string of the molecule is [Cu].[Mn].[Si].[Sn]. The van der Waals surface area contributed by atoms with E-state index in [1.807, 2.05) is 0 Å². The molecule has 0 atom stereocenters. The molecule has 0 rings (SSSR count). The molecule has 0 spiro atoms. The first-order valence-corrected chi connectivity index (χ1v) is 0. The van der Waals surface area contributed by atoms with Crippen molar-refractivity contribution < 1.29 is 34.1 Å². The summed E-state index contributed by atoms with van der Waals surface area (Å²) in [5, 5.41) is 0. The maximum Gasteiger partial charge on any atom is 0 e. The van der Waals surface area contributed by atoms with Crippen molar-refractivity contribution in [3.8, 4) is 0 Å². The van der Waals surface area contributed by atoms with Crippen molar-refractivity contribution >= 4 is 34.9 Å². The van der Waals surface area contributed by atoms with E-state index < -0.39 is 0 Å². The average Bonchev–Trinajstić information content (AvgIpc) is 0. The summed E-state index contributed by atoms with van der Waals surface area (Å²) in [6, 6.07) is 0. The third kappa shape index (κ3) is 8.96. The van der Waals surface area contributed by atoms with Crippen molar-refractivity contribution in [3.05, 3.63) is 0 Å². The van der Waals surface area contributed by atoms with Gasteiger partial charge in [0, 0.05) is 69.0 Å². The molecule has 0 heterocycles. The number of hydrogen-bond acceptors (Lipinski definition) is 0. The minimum absolute atomic E-state index is 0. The molecule has 0 bridgehead atoms. The van der Waals surface area contributed by atoms with E-state index in [0.717, 1.165) is 0 Å². The molecule has 0 aliphatic carbocycles. The molecule has 0 nitrogen and oxygen atoms in total. The first kappa shape index (κ1) is 36.6. The molecule has 4 heavy (non-hydrogen) atoms. The topological polar surface area (TPSA) is 0 Å². The quantitative estimate of drug-likeness (QED) is 0.505. The summed E-state index contributed by atoms with van der Waals surface area (Å²) in [6.45, 7) is 0. The van der Waals surface area contributed by atoms with Crippen LogP contribution in [0.2, 0.25) is 0 Å². The summed E-state index contributed by atoms with van der Waals surface area (Å²) in [6.07, 6.45) is 0. The molecular formula is CuMnSiSn. The summed E-state index contributed by atoms with van der Waals surface area (Å²) < 4.78 is 0. The molecule has 0 saturated carbocycles. The van der Waals surface area contributed by atoms with E-state index in [1.165, 1.54) is 0 Å². The van der Waals surface area contributed by atoms with Gasteiger partial charge in [-0.05, 0) is 0 Å². The fourth-order valence-electron chi connectivity index (χ4n) is 0. The predicted molar refractivity (Wildman–Crippen MR) is 11.5 cm³/mol. The average molecular weight is 265 g/mol. The molecule has 0 aromatic carbocycles.